The van der Waals surface area contributed by atoms with Crippen molar-refractivity contribution in [3.63, 3.8) is 0 Å². The van der Waals surface area contributed by atoms with Crippen LogP contribution in [-0.2, 0) is 4.74 Å². The number of aryl methyl sites for hydroxylation is 1. The summed E-state index contributed by atoms with van der Waals surface area (Å²) in [5.41, 5.74) is 2.21. The molecule has 158 valence electrons. The summed E-state index contributed by atoms with van der Waals surface area (Å²) in [7, 11) is 1.60. The van der Waals surface area contributed by atoms with Crippen LogP contribution in [0.2, 0.25) is 5.02 Å². The SMILES string of the molecule is COc1ccc(-c2nnc(C(C)OC(=O)c3sc(-c4ccc(Cl)cc4)nc3C)o2)cc1. The molecule has 0 aliphatic heterocycles. The summed E-state index contributed by atoms with van der Waals surface area (Å²) < 4.78 is 16.4. The van der Waals surface area contributed by atoms with Gasteiger partial charge >= 0.3 is 5.97 Å². The number of nitrogens with zero attached hydrogens (tertiary/aromatic N) is 3. The van der Waals surface area contributed by atoms with Crippen molar-refractivity contribution in [1.82, 2.24) is 15.2 Å². The van der Waals surface area contributed by atoms with Crippen LogP contribution in [-0.4, -0.2) is 28.3 Å². The van der Waals surface area contributed by atoms with Gasteiger partial charge in [-0.3, -0.25) is 0 Å². The Bertz CT molecular complexity index is 1200. The highest BCUT2D eigenvalue weighted by molar-refractivity contribution is 7.17. The van der Waals surface area contributed by atoms with E-state index in [9.17, 15) is 4.79 Å². The highest BCUT2D eigenvalue weighted by Gasteiger charge is 2.23. The van der Waals surface area contributed by atoms with Crippen LogP contribution in [0.3, 0.4) is 0 Å². The zero-order valence-corrected chi connectivity index (χ0v) is 18.5. The second-order valence-corrected chi connectivity index (χ2v) is 8.10. The van der Waals surface area contributed by atoms with Crippen LogP contribution in [0.25, 0.3) is 22.0 Å². The van der Waals surface area contributed by atoms with Gasteiger partial charge < -0.3 is 13.9 Å². The molecule has 1 unspecified atom stereocenters. The number of hydrogen-bond acceptors (Lipinski definition) is 8. The van der Waals surface area contributed by atoms with Gasteiger partial charge in [0.05, 0.1) is 12.8 Å². The number of benzene rings is 2. The van der Waals surface area contributed by atoms with Gasteiger partial charge in [-0.05, 0) is 50.2 Å². The first-order valence-corrected chi connectivity index (χ1v) is 10.6. The first-order chi connectivity index (χ1) is 14.9. The molecule has 4 aromatic rings. The predicted octanol–water partition coefficient (Wildman–Crippen LogP) is 5.75. The summed E-state index contributed by atoms with van der Waals surface area (Å²) in [5.74, 6) is 0.773. The predicted molar refractivity (Wildman–Crippen MR) is 117 cm³/mol. The van der Waals surface area contributed by atoms with Gasteiger partial charge in [0.2, 0.25) is 5.89 Å². The average Bonchev–Trinajstić information content (AvgIpc) is 3.42. The van der Waals surface area contributed by atoms with Gasteiger partial charge in [-0.25, -0.2) is 9.78 Å². The quantitative estimate of drug-likeness (QED) is 0.342. The summed E-state index contributed by atoms with van der Waals surface area (Å²) in [6.45, 7) is 3.45. The Morgan fingerprint density at radius 2 is 1.74 bits per heavy atom. The molecule has 2 heterocycles. The Morgan fingerprint density at radius 1 is 1.06 bits per heavy atom. The average molecular weight is 456 g/mol. The first kappa shape index (κ1) is 21.0. The molecule has 0 N–H and O–H groups in total. The number of carbonyl (C=O) groups is 1. The second kappa shape index (κ2) is 8.87. The molecule has 0 bridgehead atoms. The van der Waals surface area contributed by atoms with Crippen LogP contribution in [0.4, 0.5) is 0 Å². The standard InChI is InChI=1S/C22H18ClN3O4S/c1-12-18(31-21(24-12)15-4-8-16(23)9-5-15)22(27)29-13(2)19-25-26-20(30-19)14-6-10-17(28-3)11-7-14/h4-11,13H,1-3H3. The smallest absolute Gasteiger partial charge is 0.351 e. The molecule has 7 nitrogen and oxygen atoms in total. The number of methoxy groups -OCH3 is 1. The van der Waals surface area contributed by atoms with Crippen LogP contribution in [0, 0.1) is 6.92 Å². The van der Waals surface area contributed by atoms with Crippen molar-refractivity contribution in [3.8, 4) is 27.8 Å². The molecule has 0 saturated carbocycles. The molecule has 31 heavy (non-hydrogen) atoms. The van der Waals surface area contributed by atoms with Gasteiger partial charge in [0.1, 0.15) is 15.6 Å². The van der Waals surface area contributed by atoms with Crippen LogP contribution in [0.1, 0.15) is 34.3 Å². The lowest BCUT2D eigenvalue weighted by molar-refractivity contribution is 0.0284. The number of carbonyl (C=O) groups excluding carboxylic acids is 1. The van der Waals surface area contributed by atoms with E-state index >= 15 is 0 Å². The van der Waals surface area contributed by atoms with Crippen LogP contribution in [0.5, 0.6) is 5.75 Å². The lowest BCUT2D eigenvalue weighted by atomic mass is 10.2. The highest BCUT2D eigenvalue weighted by Crippen LogP contribution is 2.31. The Morgan fingerprint density at radius 3 is 2.42 bits per heavy atom. The molecule has 0 aliphatic rings. The molecule has 9 heteroatoms. The van der Waals surface area contributed by atoms with Gasteiger partial charge in [0.25, 0.3) is 5.89 Å². The van der Waals surface area contributed by atoms with E-state index in [1.807, 2.05) is 24.3 Å². The van der Waals surface area contributed by atoms with Crippen molar-refractivity contribution in [3.05, 3.63) is 70.0 Å². The number of halogens is 1. The zero-order valence-electron chi connectivity index (χ0n) is 17.0. The van der Waals surface area contributed by atoms with Gasteiger partial charge in [-0.1, -0.05) is 23.7 Å². The van der Waals surface area contributed by atoms with E-state index in [0.717, 1.165) is 16.9 Å². The van der Waals surface area contributed by atoms with Crippen LogP contribution in [0.15, 0.2) is 52.9 Å². The summed E-state index contributed by atoms with van der Waals surface area (Å²) in [5, 5.41) is 9.41. The summed E-state index contributed by atoms with van der Waals surface area (Å²) in [6, 6.07) is 14.5. The van der Waals surface area contributed by atoms with E-state index in [-0.39, 0.29) is 5.89 Å². The molecule has 0 amide bonds. The fourth-order valence-electron chi connectivity index (χ4n) is 2.82. The maximum absolute atomic E-state index is 12.7. The number of aromatic nitrogens is 3. The number of esters is 1. The van der Waals surface area contributed by atoms with E-state index in [1.54, 1.807) is 45.2 Å². The third-order valence-electron chi connectivity index (χ3n) is 4.48. The number of ether oxygens (including phenoxy) is 2. The molecule has 0 aliphatic carbocycles. The van der Waals surface area contributed by atoms with Crippen molar-refractivity contribution in [1.29, 1.82) is 0 Å². The van der Waals surface area contributed by atoms with Crippen molar-refractivity contribution in [2.45, 2.75) is 20.0 Å². The molecular formula is C22H18ClN3O4S. The van der Waals surface area contributed by atoms with Gasteiger partial charge in [0.15, 0.2) is 6.10 Å². The molecular weight excluding hydrogens is 438 g/mol. The van der Waals surface area contributed by atoms with Crippen LogP contribution >= 0.6 is 22.9 Å². The first-order valence-electron chi connectivity index (χ1n) is 9.36. The van der Waals surface area contributed by atoms with Gasteiger partial charge in [0, 0.05) is 16.1 Å². The third-order valence-corrected chi connectivity index (χ3v) is 5.92. The fraction of sp³-hybridized carbons (Fsp3) is 0.182. The van der Waals surface area contributed by atoms with E-state index in [4.69, 9.17) is 25.5 Å². The van der Waals surface area contributed by atoms with E-state index < -0.39 is 12.1 Å². The zero-order chi connectivity index (χ0) is 22.0. The Hall–Kier alpha value is -3.23. The molecule has 0 spiro atoms. The van der Waals surface area contributed by atoms with Crippen molar-refractivity contribution in [2.24, 2.45) is 0 Å². The largest absolute Gasteiger partial charge is 0.497 e. The topological polar surface area (TPSA) is 87.3 Å². The molecule has 2 aromatic heterocycles. The van der Waals surface area contributed by atoms with Gasteiger partial charge in [-0.15, -0.1) is 21.5 Å². The Balaban J connectivity index is 1.47. The number of rotatable bonds is 6. The maximum atomic E-state index is 12.7. The number of thiazole rings is 1. The van der Waals surface area contributed by atoms with Crippen LogP contribution < -0.4 is 4.74 Å². The van der Waals surface area contributed by atoms with E-state index in [0.29, 0.717) is 26.5 Å². The van der Waals surface area contributed by atoms with Crippen molar-refractivity contribution in [2.75, 3.05) is 7.11 Å². The van der Waals surface area contributed by atoms with Crippen molar-refractivity contribution >= 4 is 28.9 Å². The molecule has 2 aromatic carbocycles. The Kier molecular flexibility index (Phi) is 6.01. The van der Waals surface area contributed by atoms with E-state index in [1.165, 1.54) is 11.3 Å². The molecule has 0 saturated heterocycles. The molecule has 0 radical (unpaired) electrons. The highest BCUT2D eigenvalue weighted by atomic mass is 35.5. The Labute approximate surface area is 187 Å². The summed E-state index contributed by atoms with van der Waals surface area (Å²) in [4.78, 5) is 17.6. The molecule has 4 rings (SSSR count). The monoisotopic (exact) mass is 455 g/mol. The lowest BCUT2D eigenvalue weighted by Gasteiger charge is -2.08. The summed E-state index contributed by atoms with van der Waals surface area (Å²) in [6.07, 6.45) is -0.715. The minimum absolute atomic E-state index is 0.208. The third kappa shape index (κ3) is 4.60. The molecule has 0 fully saturated rings. The minimum Gasteiger partial charge on any atom is -0.497 e. The van der Waals surface area contributed by atoms with E-state index in [2.05, 4.69) is 15.2 Å². The normalized spacial score (nSPS) is 11.9. The minimum atomic E-state index is -0.715. The lowest BCUT2D eigenvalue weighted by Crippen LogP contribution is -2.09. The number of hydrogen-bond donors (Lipinski definition) is 0. The fourth-order valence-corrected chi connectivity index (χ4v) is 3.90. The second-order valence-electron chi connectivity index (χ2n) is 6.66. The molecule has 1 atom stereocenters. The van der Waals surface area contributed by atoms with Gasteiger partial charge in [-0.2, -0.15) is 0 Å². The van der Waals surface area contributed by atoms with Crippen molar-refractivity contribution < 1.29 is 18.7 Å². The summed E-state index contributed by atoms with van der Waals surface area (Å²) >= 11 is 7.20. The maximum Gasteiger partial charge on any atom is 0.351 e.